The molecule has 1 aliphatic heterocycles. The molecule has 0 spiro atoms. The molecule has 1 saturated heterocycles. The molecule has 0 aliphatic carbocycles. The Bertz CT molecular complexity index is 772. The summed E-state index contributed by atoms with van der Waals surface area (Å²) in [7, 11) is 1.63. The van der Waals surface area contributed by atoms with E-state index in [0.29, 0.717) is 24.2 Å². The fraction of sp³-hybridized carbons (Fsp3) is 0.300. The van der Waals surface area contributed by atoms with E-state index in [4.69, 9.17) is 14.7 Å². The Labute approximate surface area is 147 Å². The topological polar surface area (TPSA) is 62.6 Å². The molecule has 5 heteroatoms. The second-order valence-corrected chi connectivity index (χ2v) is 5.94. The van der Waals surface area contributed by atoms with Gasteiger partial charge in [0.2, 0.25) is 0 Å². The highest BCUT2D eigenvalue weighted by molar-refractivity contribution is 5.96. The number of carbonyl (C=O) groups excluding carboxylic acids is 1. The summed E-state index contributed by atoms with van der Waals surface area (Å²) in [6.45, 7) is 1.25. The number of methoxy groups -OCH3 is 1. The third-order valence-corrected chi connectivity index (χ3v) is 4.37. The Morgan fingerprint density at radius 2 is 1.72 bits per heavy atom. The van der Waals surface area contributed by atoms with Crippen LogP contribution in [0.2, 0.25) is 0 Å². The highest BCUT2D eigenvalue weighted by atomic mass is 16.5. The SMILES string of the molecule is COc1ccc(OC2CCN(C(=O)c3ccccc3C#N)CC2)cc1. The lowest BCUT2D eigenvalue weighted by Crippen LogP contribution is -2.42. The van der Waals surface area contributed by atoms with Crippen LogP contribution in [0.1, 0.15) is 28.8 Å². The maximum absolute atomic E-state index is 12.6. The minimum absolute atomic E-state index is 0.0833. The van der Waals surface area contributed by atoms with Crippen LogP contribution in [0.25, 0.3) is 0 Å². The average molecular weight is 336 g/mol. The maximum atomic E-state index is 12.6. The Hall–Kier alpha value is -3.00. The molecule has 1 heterocycles. The number of ether oxygens (including phenoxy) is 2. The molecule has 0 aromatic heterocycles. The largest absolute Gasteiger partial charge is 0.497 e. The highest BCUT2D eigenvalue weighted by Crippen LogP contribution is 2.23. The van der Waals surface area contributed by atoms with E-state index in [1.165, 1.54) is 0 Å². The molecule has 0 bridgehead atoms. The van der Waals surface area contributed by atoms with Crippen molar-refractivity contribution in [1.82, 2.24) is 4.90 Å². The summed E-state index contributed by atoms with van der Waals surface area (Å²) in [6.07, 6.45) is 1.63. The minimum atomic E-state index is -0.0833. The molecule has 0 radical (unpaired) electrons. The van der Waals surface area contributed by atoms with E-state index >= 15 is 0 Å². The van der Waals surface area contributed by atoms with Crippen molar-refractivity contribution in [2.75, 3.05) is 20.2 Å². The van der Waals surface area contributed by atoms with Crippen molar-refractivity contribution in [2.24, 2.45) is 0 Å². The molecule has 0 unspecified atom stereocenters. The lowest BCUT2D eigenvalue weighted by atomic mass is 10.0. The van der Waals surface area contributed by atoms with Crippen LogP contribution in [0.5, 0.6) is 11.5 Å². The van der Waals surface area contributed by atoms with Gasteiger partial charge in [-0.3, -0.25) is 4.79 Å². The summed E-state index contributed by atoms with van der Waals surface area (Å²) in [4.78, 5) is 14.4. The zero-order chi connectivity index (χ0) is 17.6. The number of benzene rings is 2. The predicted molar refractivity (Wildman–Crippen MR) is 93.7 cm³/mol. The molecule has 1 aliphatic rings. The van der Waals surface area contributed by atoms with E-state index in [2.05, 4.69) is 6.07 Å². The first-order chi connectivity index (χ1) is 12.2. The molecule has 128 valence electrons. The normalized spacial score (nSPS) is 14.6. The number of rotatable bonds is 4. The fourth-order valence-corrected chi connectivity index (χ4v) is 2.96. The van der Waals surface area contributed by atoms with Crippen LogP contribution in [0.15, 0.2) is 48.5 Å². The van der Waals surface area contributed by atoms with E-state index in [1.54, 1.807) is 36.3 Å². The van der Waals surface area contributed by atoms with Crippen LogP contribution >= 0.6 is 0 Å². The van der Waals surface area contributed by atoms with Gasteiger partial charge in [-0.15, -0.1) is 0 Å². The van der Waals surface area contributed by atoms with E-state index in [-0.39, 0.29) is 12.0 Å². The summed E-state index contributed by atoms with van der Waals surface area (Å²) in [5.74, 6) is 1.52. The number of likely N-dealkylation sites (tertiary alicyclic amines) is 1. The molecule has 0 atom stereocenters. The minimum Gasteiger partial charge on any atom is -0.497 e. The highest BCUT2D eigenvalue weighted by Gasteiger charge is 2.25. The predicted octanol–water partition coefficient (Wildman–Crippen LogP) is 3.25. The van der Waals surface area contributed by atoms with Crippen LogP contribution in [-0.4, -0.2) is 37.1 Å². The van der Waals surface area contributed by atoms with Gasteiger partial charge < -0.3 is 14.4 Å². The Morgan fingerprint density at radius 1 is 1.08 bits per heavy atom. The first-order valence-corrected chi connectivity index (χ1v) is 8.30. The molecule has 0 N–H and O–H groups in total. The molecule has 5 nitrogen and oxygen atoms in total. The monoisotopic (exact) mass is 336 g/mol. The van der Waals surface area contributed by atoms with Gasteiger partial charge in [0, 0.05) is 25.9 Å². The van der Waals surface area contributed by atoms with Crippen molar-refractivity contribution in [3.05, 3.63) is 59.7 Å². The molecule has 1 amide bonds. The zero-order valence-corrected chi connectivity index (χ0v) is 14.1. The van der Waals surface area contributed by atoms with Crippen LogP contribution in [-0.2, 0) is 0 Å². The van der Waals surface area contributed by atoms with E-state index < -0.39 is 0 Å². The molecule has 2 aromatic rings. The number of hydrogen-bond donors (Lipinski definition) is 0. The van der Waals surface area contributed by atoms with Crippen molar-refractivity contribution >= 4 is 5.91 Å². The summed E-state index contributed by atoms with van der Waals surface area (Å²) >= 11 is 0. The zero-order valence-electron chi connectivity index (χ0n) is 14.1. The fourth-order valence-electron chi connectivity index (χ4n) is 2.96. The maximum Gasteiger partial charge on any atom is 0.255 e. The number of carbonyl (C=O) groups is 1. The Morgan fingerprint density at radius 3 is 2.36 bits per heavy atom. The molecule has 25 heavy (non-hydrogen) atoms. The lowest BCUT2D eigenvalue weighted by Gasteiger charge is -2.32. The van der Waals surface area contributed by atoms with Crippen molar-refractivity contribution in [3.63, 3.8) is 0 Å². The van der Waals surface area contributed by atoms with E-state index in [9.17, 15) is 4.79 Å². The molecule has 2 aromatic carbocycles. The van der Waals surface area contributed by atoms with Gasteiger partial charge in [0.05, 0.1) is 24.3 Å². The van der Waals surface area contributed by atoms with Crippen LogP contribution in [0.3, 0.4) is 0 Å². The van der Waals surface area contributed by atoms with Gasteiger partial charge in [0.15, 0.2) is 0 Å². The molecule has 0 saturated carbocycles. The second-order valence-electron chi connectivity index (χ2n) is 5.94. The number of nitrogens with zero attached hydrogens (tertiary/aromatic N) is 2. The van der Waals surface area contributed by atoms with Crippen molar-refractivity contribution < 1.29 is 14.3 Å². The third kappa shape index (κ3) is 3.92. The number of nitriles is 1. The summed E-state index contributed by atoms with van der Waals surface area (Å²) < 4.78 is 11.1. The van der Waals surface area contributed by atoms with Crippen LogP contribution in [0, 0.1) is 11.3 Å². The van der Waals surface area contributed by atoms with Gasteiger partial charge in [-0.05, 0) is 36.4 Å². The van der Waals surface area contributed by atoms with Gasteiger partial charge in [-0.1, -0.05) is 12.1 Å². The van der Waals surface area contributed by atoms with Crippen molar-refractivity contribution in [2.45, 2.75) is 18.9 Å². The lowest BCUT2D eigenvalue weighted by molar-refractivity contribution is 0.0595. The van der Waals surface area contributed by atoms with Crippen LogP contribution in [0.4, 0.5) is 0 Å². The number of amides is 1. The Balaban J connectivity index is 1.58. The molecular weight excluding hydrogens is 316 g/mol. The first kappa shape index (κ1) is 16.8. The van der Waals surface area contributed by atoms with Gasteiger partial charge >= 0.3 is 0 Å². The summed E-state index contributed by atoms with van der Waals surface area (Å²) in [5.41, 5.74) is 0.892. The standard InChI is InChI=1S/C20H20N2O3/c1-24-16-6-8-17(9-7-16)25-18-10-12-22(13-11-18)20(23)19-5-3-2-4-15(19)14-21/h2-9,18H,10-13H2,1H3. The van der Waals surface area contributed by atoms with E-state index in [1.807, 2.05) is 24.3 Å². The smallest absolute Gasteiger partial charge is 0.255 e. The second kappa shape index (κ2) is 7.71. The quantitative estimate of drug-likeness (QED) is 0.860. The molecule has 1 fully saturated rings. The van der Waals surface area contributed by atoms with Gasteiger partial charge in [0.1, 0.15) is 17.6 Å². The van der Waals surface area contributed by atoms with Crippen molar-refractivity contribution in [3.8, 4) is 17.6 Å². The van der Waals surface area contributed by atoms with E-state index in [0.717, 1.165) is 24.3 Å². The first-order valence-electron chi connectivity index (χ1n) is 8.30. The number of hydrogen-bond acceptors (Lipinski definition) is 4. The Kier molecular flexibility index (Phi) is 5.20. The summed E-state index contributed by atoms with van der Waals surface area (Å²) in [6, 6.07) is 16.5. The molecular formula is C20H20N2O3. The molecule has 3 rings (SSSR count). The van der Waals surface area contributed by atoms with Gasteiger partial charge in [0.25, 0.3) is 5.91 Å². The van der Waals surface area contributed by atoms with Crippen LogP contribution < -0.4 is 9.47 Å². The number of piperidine rings is 1. The summed E-state index contributed by atoms with van der Waals surface area (Å²) in [5, 5.41) is 9.16. The van der Waals surface area contributed by atoms with Crippen molar-refractivity contribution in [1.29, 1.82) is 5.26 Å². The van der Waals surface area contributed by atoms with Gasteiger partial charge in [-0.25, -0.2) is 0 Å². The average Bonchev–Trinajstić information content (AvgIpc) is 2.68. The third-order valence-electron chi connectivity index (χ3n) is 4.37. The van der Waals surface area contributed by atoms with Gasteiger partial charge in [-0.2, -0.15) is 5.26 Å².